The summed E-state index contributed by atoms with van der Waals surface area (Å²) in [6.45, 7) is 0.539. The fourth-order valence-electron chi connectivity index (χ4n) is 3.33. The Morgan fingerprint density at radius 2 is 1.86 bits per heavy atom. The van der Waals surface area contributed by atoms with Crippen LogP contribution < -0.4 is 0 Å². The molecule has 1 heterocycles. The summed E-state index contributed by atoms with van der Waals surface area (Å²) < 4.78 is 39.7. The highest BCUT2D eigenvalue weighted by atomic mass is 32.2. The molecule has 0 spiro atoms. The summed E-state index contributed by atoms with van der Waals surface area (Å²) in [5.41, 5.74) is -0.414. The molecule has 1 aliphatic heterocycles. The number of benzene rings is 1. The number of hydrogen-bond acceptors (Lipinski definition) is 2. The summed E-state index contributed by atoms with van der Waals surface area (Å²) in [7, 11) is 0. The van der Waals surface area contributed by atoms with Gasteiger partial charge in [0.1, 0.15) is 5.37 Å². The van der Waals surface area contributed by atoms with E-state index in [0.717, 1.165) is 31.7 Å². The van der Waals surface area contributed by atoms with Crippen LogP contribution in [0.4, 0.5) is 13.2 Å². The normalized spacial score (nSPS) is 23.2. The third-order valence-corrected chi connectivity index (χ3v) is 5.65. The Labute approximate surface area is 132 Å². The number of alkyl halides is 3. The molecule has 1 atom stereocenters. The second-order valence-electron chi connectivity index (χ2n) is 5.82. The molecular weight excluding hydrogens is 311 g/mol. The van der Waals surface area contributed by atoms with E-state index in [-0.39, 0.29) is 17.4 Å². The third-order valence-electron chi connectivity index (χ3n) is 4.41. The van der Waals surface area contributed by atoms with Gasteiger partial charge in [-0.15, -0.1) is 11.8 Å². The van der Waals surface area contributed by atoms with Crippen molar-refractivity contribution in [3.8, 4) is 0 Å². The average molecular weight is 329 g/mol. The van der Waals surface area contributed by atoms with Gasteiger partial charge in [0.05, 0.1) is 5.56 Å². The molecule has 2 fully saturated rings. The van der Waals surface area contributed by atoms with Gasteiger partial charge in [-0.05, 0) is 24.5 Å². The van der Waals surface area contributed by atoms with Gasteiger partial charge in [-0.25, -0.2) is 0 Å². The SMILES string of the molecule is O=C(C1CCCC1)N1CCS[C@@H]1c1ccccc1C(F)(F)F. The number of thioether (sulfide) groups is 1. The highest BCUT2D eigenvalue weighted by Crippen LogP contribution is 2.45. The van der Waals surface area contributed by atoms with Crippen molar-refractivity contribution in [3.63, 3.8) is 0 Å². The molecule has 1 saturated heterocycles. The largest absolute Gasteiger partial charge is 0.416 e. The second-order valence-corrected chi connectivity index (χ2v) is 7.01. The topological polar surface area (TPSA) is 20.3 Å². The van der Waals surface area contributed by atoms with Gasteiger partial charge >= 0.3 is 6.18 Å². The monoisotopic (exact) mass is 329 g/mol. The van der Waals surface area contributed by atoms with Crippen LogP contribution in [-0.2, 0) is 11.0 Å². The first-order valence-electron chi connectivity index (χ1n) is 7.56. The van der Waals surface area contributed by atoms with Gasteiger partial charge < -0.3 is 4.90 Å². The van der Waals surface area contributed by atoms with Gasteiger partial charge in [0, 0.05) is 18.2 Å². The maximum atomic E-state index is 13.2. The summed E-state index contributed by atoms with van der Waals surface area (Å²) in [5, 5.41) is -0.508. The van der Waals surface area contributed by atoms with Crippen LogP contribution in [-0.4, -0.2) is 23.1 Å². The Kier molecular flexibility index (Phi) is 4.39. The number of carbonyl (C=O) groups is 1. The first-order valence-corrected chi connectivity index (χ1v) is 8.61. The molecule has 0 N–H and O–H groups in total. The molecule has 6 heteroatoms. The lowest BCUT2D eigenvalue weighted by Crippen LogP contribution is -2.35. The van der Waals surface area contributed by atoms with Gasteiger partial charge in [-0.3, -0.25) is 4.79 Å². The Morgan fingerprint density at radius 3 is 2.55 bits per heavy atom. The number of rotatable bonds is 2. The van der Waals surface area contributed by atoms with E-state index < -0.39 is 17.1 Å². The van der Waals surface area contributed by atoms with E-state index in [1.54, 1.807) is 11.0 Å². The molecule has 1 aromatic rings. The van der Waals surface area contributed by atoms with Gasteiger partial charge in [0.15, 0.2) is 0 Å². The predicted octanol–water partition coefficient (Wildman–Crippen LogP) is 4.47. The van der Waals surface area contributed by atoms with Crippen LogP contribution in [0.15, 0.2) is 24.3 Å². The Balaban J connectivity index is 1.89. The van der Waals surface area contributed by atoms with Crippen molar-refractivity contribution >= 4 is 17.7 Å². The van der Waals surface area contributed by atoms with Crippen LogP contribution >= 0.6 is 11.8 Å². The molecule has 1 aliphatic carbocycles. The molecule has 1 amide bonds. The zero-order chi connectivity index (χ0) is 15.7. The van der Waals surface area contributed by atoms with Gasteiger partial charge in [0.25, 0.3) is 0 Å². The van der Waals surface area contributed by atoms with Crippen molar-refractivity contribution in [2.24, 2.45) is 5.92 Å². The molecule has 0 unspecified atom stereocenters. The minimum atomic E-state index is -4.39. The molecule has 0 radical (unpaired) electrons. The van der Waals surface area contributed by atoms with Crippen LogP contribution in [0.25, 0.3) is 0 Å². The number of halogens is 3. The van der Waals surface area contributed by atoms with Crippen molar-refractivity contribution in [3.05, 3.63) is 35.4 Å². The van der Waals surface area contributed by atoms with Crippen LogP contribution in [0.1, 0.15) is 42.2 Å². The minimum Gasteiger partial charge on any atom is -0.325 e. The van der Waals surface area contributed by atoms with E-state index in [2.05, 4.69) is 0 Å². The van der Waals surface area contributed by atoms with Crippen molar-refractivity contribution in [2.75, 3.05) is 12.3 Å². The molecule has 0 bridgehead atoms. The quantitative estimate of drug-likeness (QED) is 0.798. The molecule has 1 aromatic carbocycles. The molecule has 120 valence electrons. The van der Waals surface area contributed by atoms with Gasteiger partial charge in [-0.1, -0.05) is 31.0 Å². The number of amides is 1. The summed E-state index contributed by atoms with van der Waals surface area (Å²) in [6, 6.07) is 5.62. The standard InChI is InChI=1S/C16H18F3NOS/c17-16(18,19)13-8-4-3-7-12(13)15-20(9-10-22-15)14(21)11-5-1-2-6-11/h3-4,7-8,11,15H,1-2,5-6,9-10H2/t15-/m1/s1. The van der Waals surface area contributed by atoms with Gasteiger partial charge in [-0.2, -0.15) is 13.2 Å². The van der Waals surface area contributed by atoms with E-state index in [4.69, 9.17) is 0 Å². The summed E-state index contributed by atoms with van der Waals surface area (Å²) in [5.74, 6) is 0.721. The summed E-state index contributed by atoms with van der Waals surface area (Å²) >= 11 is 1.43. The van der Waals surface area contributed by atoms with E-state index in [9.17, 15) is 18.0 Å². The fraction of sp³-hybridized carbons (Fsp3) is 0.562. The van der Waals surface area contributed by atoms with Crippen LogP contribution in [0, 0.1) is 5.92 Å². The van der Waals surface area contributed by atoms with Crippen molar-refractivity contribution in [1.82, 2.24) is 4.90 Å². The van der Waals surface area contributed by atoms with E-state index in [0.29, 0.717) is 12.3 Å². The maximum Gasteiger partial charge on any atom is 0.416 e. The highest BCUT2D eigenvalue weighted by molar-refractivity contribution is 7.99. The lowest BCUT2D eigenvalue weighted by molar-refractivity contribution is -0.140. The average Bonchev–Trinajstić information content (AvgIpc) is 3.17. The van der Waals surface area contributed by atoms with E-state index in [1.165, 1.54) is 23.9 Å². The zero-order valence-electron chi connectivity index (χ0n) is 12.1. The molecule has 2 aliphatic rings. The van der Waals surface area contributed by atoms with Gasteiger partial charge in [0.2, 0.25) is 5.91 Å². The Bertz CT molecular complexity index is 555. The molecule has 0 aromatic heterocycles. The molecule has 22 heavy (non-hydrogen) atoms. The summed E-state index contributed by atoms with van der Waals surface area (Å²) in [4.78, 5) is 14.3. The first-order chi connectivity index (χ1) is 10.5. The summed E-state index contributed by atoms with van der Waals surface area (Å²) in [6.07, 6.45) is -0.564. The smallest absolute Gasteiger partial charge is 0.325 e. The van der Waals surface area contributed by atoms with Crippen LogP contribution in [0.5, 0.6) is 0 Å². The Morgan fingerprint density at radius 1 is 1.18 bits per heavy atom. The fourth-order valence-corrected chi connectivity index (χ4v) is 4.63. The Hall–Kier alpha value is -1.17. The lowest BCUT2D eigenvalue weighted by atomic mass is 10.0. The highest BCUT2D eigenvalue weighted by Gasteiger charge is 2.40. The molecule has 3 rings (SSSR count). The first kappa shape index (κ1) is 15.7. The number of nitrogens with zero attached hydrogens (tertiary/aromatic N) is 1. The number of carbonyl (C=O) groups excluding carboxylic acids is 1. The maximum absolute atomic E-state index is 13.2. The van der Waals surface area contributed by atoms with Crippen molar-refractivity contribution in [1.29, 1.82) is 0 Å². The molecule has 1 saturated carbocycles. The minimum absolute atomic E-state index is 0.000695. The molecule has 2 nitrogen and oxygen atoms in total. The second kappa shape index (κ2) is 6.14. The lowest BCUT2D eigenvalue weighted by Gasteiger charge is -2.28. The predicted molar refractivity (Wildman–Crippen MR) is 80.3 cm³/mol. The van der Waals surface area contributed by atoms with Crippen LogP contribution in [0.3, 0.4) is 0 Å². The third kappa shape index (κ3) is 2.98. The van der Waals surface area contributed by atoms with Crippen molar-refractivity contribution in [2.45, 2.75) is 37.2 Å². The van der Waals surface area contributed by atoms with E-state index >= 15 is 0 Å². The zero-order valence-corrected chi connectivity index (χ0v) is 12.9. The van der Waals surface area contributed by atoms with E-state index in [1.807, 2.05) is 0 Å². The number of hydrogen-bond donors (Lipinski definition) is 0. The molecular formula is C16H18F3NOS. The van der Waals surface area contributed by atoms with Crippen LogP contribution in [0.2, 0.25) is 0 Å². The van der Waals surface area contributed by atoms with Crippen molar-refractivity contribution < 1.29 is 18.0 Å².